The molecule has 0 radical (unpaired) electrons. The molecule has 0 bridgehead atoms. The van der Waals surface area contributed by atoms with Crippen molar-refractivity contribution in [2.75, 3.05) is 7.11 Å². The minimum absolute atomic E-state index is 0.176. The molecule has 19 heavy (non-hydrogen) atoms. The van der Waals surface area contributed by atoms with Gasteiger partial charge in [0.25, 0.3) is 5.91 Å². The number of allylic oxidation sites excluding steroid dienone is 2. The Bertz CT molecular complexity index is 546. The van der Waals surface area contributed by atoms with Crippen molar-refractivity contribution in [2.24, 2.45) is 16.9 Å². The zero-order valence-electron chi connectivity index (χ0n) is 10.8. The summed E-state index contributed by atoms with van der Waals surface area (Å²) in [6.45, 7) is 0. The van der Waals surface area contributed by atoms with Crippen LogP contribution in [-0.2, 0) is 0 Å². The molecule has 98 valence electrons. The third kappa shape index (κ3) is 2.26. The Morgan fingerprint density at radius 2 is 2.16 bits per heavy atom. The Kier molecular flexibility index (Phi) is 3.07. The molecule has 2 atom stereocenters. The van der Waals surface area contributed by atoms with Crippen LogP contribution in [0.5, 0.6) is 5.75 Å². The number of nitrogens with one attached hydrogen (secondary N) is 1. The summed E-state index contributed by atoms with van der Waals surface area (Å²) in [4.78, 5) is 11.9. The van der Waals surface area contributed by atoms with Crippen LogP contribution < -0.4 is 10.2 Å². The molecule has 3 rings (SSSR count). The quantitative estimate of drug-likeness (QED) is 0.666. The van der Waals surface area contributed by atoms with E-state index in [-0.39, 0.29) is 5.91 Å². The molecule has 4 heteroatoms. The molecule has 1 fully saturated rings. The fraction of sp³-hybridized carbons (Fsp3) is 0.333. The molecule has 0 unspecified atom stereocenters. The monoisotopic (exact) mass is 256 g/mol. The van der Waals surface area contributed by atoms with Crippen LogP contribution in [0.2, 0.25) is 0 Å². The maximum absolute atomic E-state index is 11.9. The first-order valence-electron chi connectivity index (χ1n) is 6.45. The molecule has 0 aromatic heterocycles. The van der Waals surface area contributed by atoms with Gasteiger partial charge in [0.1, 0.15) is 5.75 Å². The maximum atomic E-state index is 11.9. The molecule has 2 aliphatic rings. The Labute approximate surface area is 112 Å². The van der Waals surface area contributed by atoms with Gasteiger partial charge in [0, 0.05) is 17.2 Å². The number of hydrogen-bond acceptors (Lipinski definition) is 3. The van der Waals surface area contributed by atoms with E-state index in [0.717, 1.165) is 24.3 Å². The summed E-state index contributed by atoms with van der Waals surface area (Å²) in [6, 6.07) is 6.99. The normalized spacial score (nSPS) is 25.8. The van der Waals surface area contributed by atoms with Gasteiger partial charge in [-0.15, -0.1) is 0 Å². The van der Waals surface area contributed by atoms with E-state index in [1.165, 1.54) is 0 Å². The van der Waals surface area contributed by atoms with Gasteiger partial charge in [0.2, 0.25) is 0 Å². The number of carbonyl (C=O) groups excluding carboxylic acids is 1. The number of hydrazone groups is 1. The van der Waals surface area contributed by atoms with E-state index in [1.807, 2.05) is 0 Å². The van der Waals surface area contributed by atoms with Crippen molar-refractivity contribution < 1.29 is 9.53 Å². The Morgan fingerprint density at radius 1 is 1.37 bits per heavy atom. The van der Waals surface area contributed by atoms with Crippen molar-refractivity contribution in [1.29, 1.82) is 0 Å². The zero-order chi connectivity index (χ0) is 13.2. The molecular weight excluding hydrogens is 240 g/mol. The van der Waals surface area contributed by atoms with Gasteiger partial charge < -0.3 is 4.74 Å². The van der Waals surface area contributed by atoms with E-state index in [2.05, 4.69) is 22.7 Å². The highest BCUT2D eigenvalue weighted by Crippen LogP contribution is 2.40. The third-order valence-electron chi connectivity index (χ3n) is 3.82. The SMILES string of the molecule is COc1ccc(C(=O)N/N=C2/C[C@H]3C=CC[C@@H]23)cc1. The lowest BCUT2D eigenvalue weighted by atomic mass is 9.74. The second-order valence-corrected chi connectivity index (χ2v) is 4.91. The van der Waals surface area contributed by atoms with Crippen molar-refractivity contribution in [2.45, 2.75) is 12.8 Å². The number of carbonyl (C=O) groups is 1. The van der Waals surface area contributed by atoms with E-state index < -0.39 is 0 Å². The predicted molar refractivity (Wildman–Crippen MR) is 73.2 cm³/mol. The van der Waals surface area contributed by atoms with Gasteiger partial charge in [-0.2, -0.15) is 5.10 Å². The lowest BCUT2D eigenvalue weighted by molar-refractivity contribution is 0.0954. The Hall–Kier alpha value is -2.10. The van der Waals surface area contributed by atoms with Crippen LogP contribution in [0.3, 0.4) is 0 Å². The first-order valence-corrected chi connectivity index (χ1v) is 6.45. The summed E-state index contributed by atoms with van der Waals surface area (Å²) in [7, 11) is 1.60. The standard InChI is InChI=1S/C15H16N2O2/c1-19-12-7-5-10(6-8-12)15(18)17-16-14-9-11-3-2-4-13(11)14/h2-3,5-8,11,13H,4,9H2,1H3,(H,17,18)/b16-14-/t11-,13-/m1/s1. The van der Waals surface area contributed by atoms with Gasteiger partial charge in [0.15, 0.2) is 0 Å². The first-order chi connectivity index (χ1) is 9.28. The average Bonchev–Trinajstić information content (AvgIpc) is 2.80. The Morgan fingerprint density at radius 3 is 2.84 bits per heavy atom. The number of fused-ring (bicyclic) bond motifs is 1. The van der Waals surface area contributed by atoms with Gasteiger partial charge in [0.05, 0.1) is 7.11 Å². The maximum Gasteiger partial charge on any atom is 0.271 e. The number of nitrogens with zero attached hydrogens (tertiary/aromatic N) is 1. The number of methoxy groups -OCH3 is 1. The van der Waals surface area contributed by atoms with E-state index in [9.17, 15) is 4.79 Å². The molecule has 2 aliphatic carbocycles. The van der Waals surface area contributed by atoms with Gasteiger partial charge in [-0.3, -0.25) is 4.79 Å². The molecule has 0 spiro atoms. The number of ether oxygens (including phenoxy) is 1. The summed E-state index contributed by atoms with van der Waals surface area (Å²) in [5.74, 6) is 1.74. The fourth-order valence-corrected chi connectivity index (χ4v) is 2.59. The van der Waals surface area contributed by atoms with Crippen LogP contribution in [0.4, 0.5) is 0 Å². The summed E-state index contributed by atoms with van der Waals surface area (Å²) < 4.78 is 5.05. The summed E-state index contributed by atoms with van der Waals surface area (Å²) in [6.07, 6.45) is 6.48. The van der Waals surface area contributed by atoms with Crippen molar-refractivity contribution in [3.05, 3.63) is 42.0 Å². The first kappa shape index (κ1) is 12.0. The number of rotatable bonds is 3. The second kappa shape index (κ2) is 4.88. The van der Waals surface area contributed by atoms with E-state index in [4.69, 9.17) is 4.74 Å². The molecule has 1 aromatic carbocycles. The predicted octanol–water partition coefficient (Wildman–Crippen LogP) is 2.38. The topological polar surface area (TPSA) is 50.7 Å². The highest BCUT2D eigenvalue weighted by Gasteiger charge is 2.37. The minimum Gasteiger partial charge on any atom is -0.497 e. The van der Waals surface area contributed by atoms with Gasteiger partial charge in [-0.05, 0) is 43.0 Å². The molecule has 0 heterocycles. The summed E-state index contributed by atoms with van der Waals surface area (Å²) in [5, 5.41) is 4.24. The molecule has 1 aromatic rings. The number of benzene rings is 1. The van der Waals surface area contributed by atoms with Crippen LogP contribution in [0, 0.1) is 11.8 Å². The van der Waals surface area contributed by atoms with Gasteiger partial charge in [-0.25, -0.2) is 5.43 Å². The van der Waals surface area contributed by atoms with Crippen LogP contribution in [0.15, 0.2) is 41.5 Å². The van der Waals surface area contributed by atoms with Crippen LogP contribution in [0.1, 0.15) is 23.2 Å². The van der Waals surface area contributed by atoms with E-state index >= 15 is 0 Å². The lowest BCUT2D eigenvalue weighted by Crippen LogP contribution is -2.35. The molecule has 1 amide bonds. The number of hydrogen-bond donors (Lipinski definition) is 1. The second-order valence-electron chi connectivity index (χ2n) is 4.91. The summed E-state index contributed by atoms with van der Waals surface area (Å²) >= 11 is 0. The molecule has 4 nitrogen and oxygen atoms in total. The van der Waals surface area contributed by atoms with Gasteiger partial charge >= 0.3 is 0 Å². The number of amides is 1. The van der Waals surface area contributed by atoms with Gasteiger partial charge in [-0.1, -0.05) is 12.2 Å². The van der Waals surface area contributed by atoms with E-state index in [1.54, 1.807) is 31.4 Å². The van der Waals surface area contributed by atoms with Crippen LogP contribution in [0.25, 0.3) is 0 Å². The van der Waals surface area contributed by atoms with Crippen LogP contribution >= 0.6 is 0 Å². The lowest BCUT2D eigenvalue weighted by Gasteiger charge is -2.31. The highest BCUT2D eigenvalue weighted by atomic mass is 16.5. The minimum atomic E-state index is -0.176. The molecule has 0 saturated heterocycles. The fourth-order valence-electron chi connectivity index (χ4n) is 2.59. The third-order valence-corrected chi connectivity index (χ3v) is 3.82. The van der Waals surface area contributed by atoms with Crippen molar-refractivity contribution in [3.63, 3.8) is 0 Å². The largest absolute Gasteiger partial charge is 0.497 e. The molecule has 1 N–H and O–H groups in total. The molecule has 0 aliphatic heterocycles. The molecular formula is C15H16N2O2. The summed E-state index contributed by atoms with van der Waals surface area (Å²) in [5.41, 5.74) is 4.33. The van der Waals surface area contributed by atoms with Crippen LogP contribution in [-0.4, -0.2) is 18.7 Å². The smallest absolute Gasteiger partial charge is 0.271 e. The average molecular weight is 256 g/mol. The van der Waals surface area contributed by atoms with Crippen molar-refractivity contribution in [3.8, 4) is 5.75 Å². The zero-order valence-corrected chi connectivity index (χ0v) is 10.8. The van der Waals surface area contributed by atoms with Crippen molar-refractivity contribution in [1.82, 2.24) is 5.43 Å². The highest BCUT2D eigenvalue weighted by molar-refractivity contribution is 5.98. The Balaban J connectivity index is 1.60. The molecule has 1 saturated carbocycles. The van der Waals surface area contributed by atoms with Crippen molar-refractivity contribution >= 4 is 11.6 Å². The van der Waals surface area contributed by atoms with E-state index in [0.29, 0.717) is 17.4 Å².